The van der Waals surface area contributed by atoms with Crippen molar-refractivity contribution in [3.05, 3.63) is 5.01 Å². The van der Waals surface area contributed by atoms with Gasteiger partial charge in [0.2, 0.25) is 11.0 Å². The summed E-state index contributed by atoms with van der Waals surface area (Å²) in [4.78, 5) is 11.6. The second-order valence-electron chi connectivity index (χ2n) is 2.74. The molecule has 1 heterocycles. The largest absolute Gasteiger partial charge is 0.393 e. The van der Waals surface area contributed by atoms with Gasteiger partial charge in [0.25, 0.3) is 0 Å². The summed E-state index contributed by atoms with van der Waals surface area (Å²) in [6, 6.07) is 0. The van der Waals surface area contributed by atoms with E-state index in [1.54, 1.807) is 6.92 Å². The molecule has 5 nitrogen and oxygen atoms in total. The Balaban J connectivity index is 2.61. The Morgan fingerprint density at radius 1 is 1.64 bits per heavy atom. The quantitative estimate of drug-likeness (QED) is 0.747. The number of carbonyl (C=O) groups is 1. The molecule has 0 aliphatic rings. The predicted octanol–water partition coefficient (Wildman–Crippen LogP) is 0.707. The fraction of sp³-hybridized carbons (Fsp3) is 0.429. The van der Waals surface area contributed by atoms with E-state index >= 15 is 0 Å². The van der Waals surface area contributed by atoms with Crippen LogP contribution >= 0.6 is 23.6 Å². The maximum Gasteiger partial charge on any atom is 0.235 e. The van der Waals surface area contributed by atoms with E-state index in [1.807, 2.05) is 6.92 Å². The topological polar surface area (TPSA) is 80.9 Å². The molecular formula is C7H10N4OS2. The number of rotatable bonds is 3. The van der Waals surface area contributed by atoms with E-state index in [9.17, 15) is 4.79 Å². The minimum atomic E-state index is -0.491. The number of aromatic nitrogens is 2. The highest BCUT2D eigenvalue weighted by Crippen LogP contribution is 2.14. The zero-order valence-corrected chi connectivity index (χ0v) is 9.41. The molecule has 7 heteroatoms. The molecule has 1 unspecified atom stereocenters. The van der Waals surface area contributed by atoms with E-state index in [2.05, 4.69) is 15.5 Å². The summed E-state index contributed by atoms with van der Waals surface area (Å²) in [5.74, 6) is -0.747. The number of thiocarbonyl (C=S) groups is 1. The first kappa shape index (κ1) is 11.0. The lowest BCUT2D eigenvalue weighted by Crippen LogP contribution is -2.30. The van der Waals surface area contributed by atoms with Crippen LogP contribution < -0.4 is 11.1 Å². The van der Waals surface area contributed by atoms with Gasteiger partial charge in [0.05, 0.1) is 10.9 Å². The Morgan fingerprint density at radius 3 is 2.71 bits per heavy atom. The van der Waals surface area contributed by atoms with Crippen LogP contribution in [0.1, 0.15) is 11.9 Å². The minimum Gasteiger partial charge on any atom is -0.393 e. The standard InChI is InChI=1S/C7H10N4OS2/c1-3(5(8)13)6(12)9-7-11-10-4(2)14-7/h3H,1-2H3,(H2,8,13)(H,9,11,12). The van der Waals surface area contributed by atoms with Crippen LogP contribution in [-0.4, -0.2) is 21.1 Å². The number of nitrogens with zero attached hydrogens (tertiary/aromatic N) is 2. The Hall–Kier alpha value is -1.08. The monoisotopic (exact) mass is 230 g/mol. The van der Waals surface area contributed by atoms with Gasteiger partial charge in [-0.1, -0.05) is 23.6 Å². The van der Waals surface area contributed by atoms with Crippen LogP contribution in [-0.2, 0) is 4.79 Å². The third-order valence-corrected chi connectivity index (χ3v) is 2.68. The molecule has 0 aromatic carbocycles. The van der Waals surface area contributed by atoms with E-state index < -0.39 is 5.92 Å². The van der Waals surface area contributed by atoms with Gasteiger partial charge in [-0.25, -0.2) is 0 Å². The summed E-state index contributed by atoms with van der Waals surface area (Å²) >= 11 is 6.01. The molecule has 1 atom stereocenters. The number of carbonyl (C=O) groups excluding carboxylic acids is 1. The lowest BCUT2D eigenvalue weighted by molar-refractivity contribution is -0.117. The number of anilines is 1. The zero-order valence-electron chi connectivity index (χ0n) is 7.77. The third-order valence-electron chi connectivity index (χ3n) is 1.58. The van der Waals surface area contributed by atoms with Gasteiger partial charge in [-0.3, -0.25) is 10.1 Å². The highest BCUT2D eigenvalue weighted by Gasteiger charge is 2.16. The molecule has 3 N–H and O–H groups in total. The average Bonchev–Trinajstić information content (AvgIpc) is 2.49. The van der Waals surface area contributed by atoms with Crippen LogP contribution in [0.3, 0.4) is 0 Å². The van der Waals surface area contributed by atoms with Crippen LogP contribution in [0.15, 0.2) is 0 Å². The van der Waals surface area contributed by atoms with Gasteiger partial charge in [-0.05, 0) is 13.8 Å². The molecule has 1 rings (SSSR count). The minimum absolute atomic E-state index is 0.170. The smallest absolute Gasteiger partial charge is 0.235 e. The van der Waals surface area contributed by atoms with Crippen LogP contribution in [0.25, 0.3) is 0 Å². The molecule has 1 aromatic rings. The van der Waals surface area contributed by atoms with Gasteiger partial charge >= 0.3 is 0 Å². The van der Waals surface area contributed by atoms with Gasteiger partial charge < -0.3 is 5.73 Å². The predicted molar refractivity (Wildman–Crippen MR) is 59.2 cm³/mol. The third kappa shape index (κ3) is 2.71. The summed E-state index contributed by atoms with van der Waals surface area (Å²) in [5.41, 5.74) is 5.33. The van der Waals surface area contributed by atoms with Gasteiger partial charge in [0.15, 0.2) is 0 Å². The molecule has 0 saturated heterocycles. The summed E-state index contributed by atoms with van der Waals surface area (Å²) in [7, 11) is 0. The number of aryl methyl sites for hydroxylation is 1. The normalized spacial score (nSPS) is 12.1. The molecule has 0 radical (unpaired) electrons. The van der Waals surface area contributed by atoms with Gasteiger partial charge in [-0.15, -0.1) is 10.2 Å². The first-order valence-electron chi connectivity index (χ1n) is 3.91. The van der Waals surface area contributed by atoms with Crippen LogP contribution in [0.5, 0.6) is 0 Å². The van der Waals surface area contributed by atoms with Gasteiger partial charge in [0.1, 0.15) is 5.01 Å². The van der Waals surface area contributed by atoms with Gasteiger partial charge in [-0.2, -0.15) is 0 Å². The highest BCUT2D eigenvalue weighted by atomic mass is 32.1. The number of nitrogens with two attached hydrogens (primary N) is 1. The molecule has 1 amide bonds. The molecular weight excluding hydrogens is 220 g/mol. The molecule has 14 heavy (non-hydrogen) atoms. The van der Waals surface area contributed by atoms with Crippen molar-refractivity contribution in [2.24, 2.45) is 11.7 Å². The Kier molecular flexibility index (Phi) is 3.48. The van der Waals surface area contributed by atoms with Crippen molar-refractivity contribution in [2.45, 2.75) is 13.8 Å². The molecule has 0 aliphatic carbocycles. The second kappa shape index (κ2) is 4.43. The van der Waals surface area contributed by atoms with Crippen molar-refractivity contribution in [1.82, 2.24) is 10.2 Å². The molecule has 1 aromatic heterocycles. The van der Waals surface area contributed by atoms with Crippen molar-refractivity contribution in [1.29, 1.82) is 0 Å². The first-order valence-corrected chi connectivity index (χ1v) is 5.13. The summed E-state index contributed by atoms with van der Waals surface area (Å²) in [6.07, 6.45) is 0. The van der Waals surface area contributed by atoms with Crippen molar-refractivity contribution in [2.75, 3.05) is 5.32 Å². The van der Waals surface area contributed by atoms with E-state index in [0.717, 1.165) is 5.01 Å². The molecule has 0 aliphatic heterocycles. The number of amides is 1. The lowest BCUT2D eigenvalue weighted by atomic mass is 10.2. The Morgan fingerprint density at radius 2 is 2.29 bits per heavy atom. The number of hydrogen-bond acceptors (Lipinski definition) is 5. The van der Waals surface area contributed by atoms with Crippen LogP contribution in [0, 0.1) is 12.8 Å². The van der Waals surface area contributed by atoms with Crippen molar-refractivity contribution >= 4 is 39.6 Å². The summed E-state index contributed by atoms with van der Waals surface area (Å²) < 4.78 is 0. The number of hydrogen-bond donors (Lipinski definition) is 2. The Bertz CT molecular complexity index is 362. The fourth-order valence-corrected chi connectivity index (χ4v) is 1.39. The fourth-order valence-electron chi connectivity index (χ4n) is 0.690. The molecule has 76 valence electrons. The van der Waals surface area contributed by atoms with E-state index in [4.69, 9.17) is 18.0 Å². The molecule has 0 bridgehead atoms. The van der Waals surface area contributed by atoms with Gasteiger partial charge in [0, 0.05) is 0 Å². The maximum absolute atomic E-state index is 11.4. The zero-order chi connectivity index (χ0) is 10.7. The lowest BCUT2D eigenvalue weighted by Gasteiger charge is -2.07. The van der Waals surface area contributed by atoms with E-state index in [-0.39, 0.29) is 10.9 Å². The maximum atomic E-state index is 11.4. The van der Waals surface area contributed by atoms with E-state index in [0.29, 0.717) is 5.13 Å². The molecule has 0 spiro atoms. The van der Waals surface area contributed by atoms with Crippen molar-refractivity contribution in [3.63, 3.8) is 0 Å². The van der Waals surface area contributed by atoms with Crippen LogP contribution in [0.2, 0.25) is 0 Å². The van der Waals surface area contributed by atoms with Crippen molar-refractivity contribution in [3.8, 4) is 0 Å². The molecule has 0 saturated carbocycles. The second-order valence-corrected chi connectivity index (χ2v) is 4.39. The SMILES string of the molecule is Cc1nnc(NC(=O)C(C)C(N)=S)s1. The summed E-state index contributed by atoms with van der Waals surface area (Å²) in [5, 5.41) is 11.4. The average molecular weight is 230 g/mol. The Labute approximate surface area is 90.7 Å². The highest BCUT2D eigenvalue weighted by molar-refractivity contribution is 7.80. The molecule has 0 fully saturated rings. The van der Waals surface area contributed by atoms with Crippen molar-refractivity contribution < 1.29 is 4.79 Å². The van der Waals surface area contributed by atoms with Crippen LogP contribution in [0.4, 0.5) is 5.13 Å². The first-order chi connectivity index (χ1) is 6.50. The summed E-state index contributed by atoms with van der Waals surface area (Å²) in [6.45, 7) is 3.45. The number of nitrogens with one attached hydrogen (secondary N) is 1. The van der Waals surface area contributed by atoms with E-state index in [1.165, 1.54) is 11.3 Å².